The van der Waals surface area contributed by atoms with Crippen molar-refractivity contribution in [2.75, 3.05) is 6.54 Å². The summed E-state index contributed by atoms with van der Waals surface area (Å²) in [4.78, 5) is 0. The molecule has 1 fully saturated rings. The van der Waals surface area contributed by atoms with Gasteiger partial charge in [-0.1, -0.05) is 12.1 Å². The van der Waals surface area contributed by atoms with Crippen LogP contribution < -0.4 is 11.1 Å². The average molecular weight is 194 g/mol. The highest BCUT2D eigenvalue weighted by Crippen LogP contribution is 2.23. The van der Waals surface area contributed by atoms with Gasteiger partial charge in [-0.2, -0.15) is 0 Å². The molecule has 0 bridgehead atoms. The van der Waals surface area contributed by atoms with E-state index in [1.165, 1.54) is 18.9 Å². The van der Waals surface area contributed by atoms with E-state index in [4.69, 9.17) is 5.73 Å². The maximum absolute atomic E-state index is 12.9. The number of benzene rings is 1. The normalized spacial score (nSPS) is 18.1. The van der Waals surface area contributed by atoms with Crippen LogP contribution in [0.2, 0.25) is 0 Å². The van der Waals surface area contributed by atoms with Gasteiger partial charge in [-0.25, -0.2) is 4.39 Å². The van der Waals surface area contributed by atoms with E-state index in [1.807, 2.05) is 6.07 Å². The Bertz CT molecular complexity index is 310. The van der Waals surface area contributed by atoms with E-state index < -0.39 is 0 Å². The third-order valence-corrected chi connectivity index (χ3v) is 2.50. The van der Waals surface area contributed by atoms with Crippen LogP contribution in [0.3, 0.4) is 0 Å². The summed E-state index contributed by atoms with van der Waals surface area (Å²) in [6.07, 6.45) is 2.43. The minimum absolute atomic E-state index is 0.0956. The van der Waals surface area contributed by atoms with Gasteiger partial charge in [0.1, 0.15) is 5.82 Å². The molecule has 0 spiro atoms. The van der Waals surface area contributed by atoms with Crippen molar-refractivity contribution in [2.24, 2.45) is 5.73 Å². The van der Waals surface area contributed by atoms with Crippen molar-refractivity contribution in [3.8, 4) is 0 Å². The Hall–Kier alpha value is -0.930. The lowest BCUT2D eigenvalue weighted by Crippen LogP contribution is -2.29. The molecule has 2 rings (SSSR count). The predicted molar refractivity (Wildman–Crippen MR) is 54.4 cm³/mol. The first-order valence-electron chi connectivity index (χ1n) is 5.01. The third-order valence-electron chi connectivity index (χ3n) is 2.50. The van der Waals surface area contributed by atoms with Gasteiger partial charge in [0.05, 0.1) is 0 Å². The van der Waals surface area contributed by atoms with Crippen LogP contribution in [-0.2, 0) is 0 Å². The summed E-state index contributed by atoms with van der Waals surface area (Å²) in [5.74, 6) is -0.196. The number of halogens is 1. The molecule has 0 saturated heterocycles. The van der Waals surface area contributed by atoms with E-state index in [2.05, 4.69) is 5.32 Å². The van der Waals surface area contributed by atoms with Crippen LogP contribution in [0.5, 0.6) is 0 Å². The predicted octanol–water partition coefficient (Wildman–Crippen LogP) is 1.58. The summed E-state index contributed by atoms with van der Waals surface area (Å²) < 4.78 is 12.9. The van der Waals surface area contributed by atoms with E-state index in [0.29, 0.717) is 12.6 Å². The average Bonchev–Trinajstić information content (AvgIpc) is 2.98. The molecule has 2 nitrogen and oxygen atoms in total. The van der Waals surface area contributed by atoms with Crippen molar-refractivity contribution in [2.45, 2.75) is 24.9 Å². The molecule has 1 aromatic rings. The van der Waals surface area contributed by atoms with Crippen LogP contribution in [0.4, 0.5) is 4.39 Å². The molecule has 1 aliphatic carbocycles. The van der Waals surface area contributed by atoms with Crippen molar-refractivity contribution >= 4 is 0 Å². The zero-order chi connectivity index (χ0) is 9.97. The van der Waals surface area contributed by atoms with Gasteiger partial charge >= 0.3 is 0 Å². The molecule has 1 aliphatic rings. The minimum atomic E-state index is -0.196. The Kier molecular flexibility index (Phi) is 2.79. The molecule has 0 aliphatic heterocycles. The first kappa shape index (κ1) is 9.62. The van der Waals surface area contributed by atoms with Gasteiger partial charge in [0, 0.05) is 18.6 Å². The molecular weight excluding hydrogens is 179 g/mol. The molecular formula is C11H15FN2. The van der Waals surface area contributed by atoms with Crippen LogP contribution in [0, 0.1) is 5.82 Å². The lowest BCUT2D eigenvalue weighted by atomic mass is 10.1. The molecule has 1 atom stereocenters. The Labute approximate surface area is 83.3 Å². The topological polar surface area (TPSA) is 38.0 Å². The highest BCUT2D eigenvalue weighted by atomic mass is 19.1. The fourth-order valence-corrected chi connectivity index (χ4v) is 1.56. The molecule has 1 aromatic carbocycles. The van der Waals surface area contributed by atoms with Crippen LogP contribution >= 0.6 is 0 Å². The van der Waals surface area contributed by atoms with Crippen molar-refractivity contribution in [3.05, 3.63) is 35.6 Å². The molecule has 0 aromatic heterocycles. The number of rotatable bonds is 4. The third kappa shape index (κ3) is 2.30. The number of nitrogens with two attached hydrogens (primary N) is 1. The van der Waals surface area contributed by atoms with E-state index >= 15 is 0 Å². The maximum Gasteiger partial charge on any atom is 0.123 e. The van der Waals surface area contributed by atoms with E-state index in [9.17, 15) is 4.39 Å². The van der Waals surface area contributed by atoms with E-state index in [1.54, 1.807) is 12.1 Å². The molecule has 1 unspecified atom stereocenters. The van der Waals surface area contributed by atoms with Crippen LogP contribution in [-0.4, -0.2) is 12.6 Å². The fourth-order valence-electron chi connectivity index (χ4n) is 1.56. The summed E-state index contributed by atoms with van der Waals surface area (Å²) >= 11 is 0. The van der Waals surface area contributed by atoms with Gasteiger partial charge in [-0.15, -0.1) is 0 Å². The maximum atomic E-state index is 12.9. The molecule has 76 valence electrons. The van der Waals surface area contributed by atoms with Crippen LogP contribution in [0.25, 0.3) is 0 Å². The van der Waals surface area contributed by atoms with Gasteiger partial charge in [-0.05, 0) is 30.5 Å². The molecule has 3 heteroatoms. The molecule has 0 radical (unpaired) electrons. The van der Waals surface area contributed by atoms with Gasteiger partial charge in [-0.3, -0.25) is 0 Å². The van der Waals surface area contributed by atoms with Gasteiger partial charge < -0.3 is 11.1 Å². The monoisotopic (exact) mass is 194 g/mol. The lowest BCUT2D eigenvalue weighted by molar-refractivity contribution is 0.533. The van der Waals surface area contributed by atoms with Crippen molar-refractivity contribution in [1.82, 2.24) is 5.32 Å². The SMILES string of the molecule is NCC(NC1CC1)c1cccc(F)c1. The second-order valence-corrected chi connectivity index (χ2v) is 3.78. The zero-order valence-electron chi connectivity index (χ0n) is 8.04. The Morgan fingerprint density at radius 1 is 1.50 bits per heavy atom. The summed E-state index contributed by atoms with van der Waals surface area (Å²) in [6, 6.07) is 7.32. The fraction of sp³-hybridized carbons (Fsp3) is 0.455. The summed E-state index contributed by atoms with van der Waals surface area (Å²) in [5, 5.41) is 3.39. The molecule has 0 amide bonds. The van der Waals surface area contributed by atoms with Crippen molar-refractivity contribution in [1.29, 1.82) is 0 Å². The van der Waals surface area contributed by atoms with E-state index in [-0.39, 0.29) is 11.9 Å². The first-order valence-corrected chi connectivity index (χ1v) is 5.01. The van der Waals surface area contributed by atoms with E-state index in [0.717, 1.165) is 5.56 Å². The Morgan fingerprint density at radius 2 is 2.29 bits per heavy atom. The van der Waals surface area contributed by atoms with Gasteiger partial charge in [0.15, 0.2) is 0 Å². The number of hydrogen-bond acceptors (Lipinski definition) is 2. The van der Waals surface area contributed by atoms with Gasteiger partial charge in [0.25, 0.3) is 0 Å². The summed E-state index contributed by atoms with van der Waals surface area (Å²) in [7, 11) is 0. The van der Waals surface area contributed by atoms with Crippen LogP contribution in [0.1, 0.15) is 24.4 Å². The van der Waals surface area contributed by atoms with Crippen LogP contribution in [0.15, 0.2) is 24.3 Å². The Balaban J connectivity index is 2.08. The lowest BCUT2D eigenvalue weighted by Gasteiger charge is -2.16. The van der Waals surface area contributed by atoms with Gasteiger partial charge in [0.2, 0.25) is 0 Å². The molecule has 1 saturated carbocycles. The zero-order valence-corrected chi connectivity index (χ0v) is 8.04. The standard InChI is InChI=1S/C11H15FN2/c12-9-3-1-2-8(6-9)11(7-13)14-10-4-5-10/h1-3,6,10-11,14H,4-5,7,13H2. The largest absolute Gasteiger partial charge is 0.329 e. The quantitative estimate of drug-likeness (QED) is 0.763. The van der Waals surface area contributed by atoms with Crippen molar-refractivity contribution in [3.63, 3.8) is 0 Å². The molecule has 14 heavy (non-hydrogen) atoms. The summed E-state index contributed by atoms with van der Waals surface area (Å²) in [5.41, 5.74) is 6.59. The highest BCUT2D eigenvalue weighted by Gasteiger charge is 2.24. The van der Waals surface area contributed by atoms with Crippen molar-refractivity contribution < 1.29 is 4.39 Å². The smallest absolute Gasteiger partial charge is 0.123 e. The number of hydrogen-bond donors (Lipinski definition) is 2. The first-order chi connectivity index (χ1) is 6.79. The molecule has 3 N–H and O–H groups in total. The second kappa shape index (κ2) is 4.07. The second-order valence-electron chi connectivity index (χ2n) is 3.78. The minimum Gasteiger partial charge on any atom is -0.329 e. The Morgan fingerprint density at radius 3 is 2.86 bits per heavy atom. The molecule has 0 heterocycles. The summed E-state index contributed by atoms with van der Waals surface area (Å²) in [6.45, 7) is 0.514. The number of nitrogens with one attached hydrogen (secondary N) is 1. The highest BCUT2D eigenvalue weighted by molar-refractivity contribution is 5.21.